The molecule has 0 amide bonds. The van der Waals surface area contributed by atoms with E-state index >= 15 is 0 Å². The lowest BCUT2D eigenvalue weighted by Crippen LogP contribution is -2.37. The summed E-state index contributed by atoms with van der Waals surface area (Å²) in [5.74, 6) is 0.0390. The van der Waals surface area contributed by atoms with E-state index in [-0.39, 0.29) is 23.4 Å². The molecule has 1 aliphatic rings. The van der Waals surface area contributed by atoms with Gasteiger partial charge in [-0.05, 0) is 30.5 Å². The number of hydrogen-bond donors (Lipinski definition) is 0. The minimum absolute atomic E-state index is 0.0111. The molecule has 1 saturated heterocycles. The van der Waals surface area contributed by atoms with Gasteiger partial charge < -0.3 is 4.74 Å². The second kappa shape index (κ2) is 7.73. The van der Waals surface area contributed by atoms with Gasteiger partial charge in [0.2, 0.25) is 0 Å². The minimum atomic E-state index is -2.95. The Hall–Kier alpha value is -0.690. The molecule has 0 saturated carbocycles. The average molecular weight is 350 g/mol. The van der Waals surface area contributed by atoms with Crippen molar-refractivity contribution in [3.05, 3.63) is 34.6 Å². The van der Waals surface area contributed by atoms with E-state index in [0.717, 1.165) is 18.5 Å². The highest BCUT2D eigenvalue weighted by Crippen LogP contribution is 2.24. The molecule has 1 aromatic carbocycles. The van der Waals surface area contributed by atoms with Gasteiger partial charge in [0.15, 0.2) is 9.84 Å². The van der Waals surface area contributed by atoms with E-state index in [1.165, 1.54) is 12.1 Å². The minimum Gasteiger partial charge on any atom is -0.385 e. The first-order valence-corrected chi connectivity index (χ1v) is 9.48. The first kappa shape index (κ1) is 17.7. The lowest BCUT2D eigenvalue weighted by atomic mass is 10.1. The van der Waals surface area contributed by atoms with Crippen molar-refractivity contribution in [3.63, 3.8) is 0 Å². The summed E-state index contributed by atoms with van der Waals surface area (Å²) >= 11 is 6.09. The van der Waals surface area contributed by atoms with Crippen LogP contribution in [0.15, 0.2) is 18.2 Å². The molecule has 1 heterocycles. The van der Waals surface area contributed by atoms with Crippen LogP contribution in [0.25, 0.3) is 0 Å². The molecule has 4 nitrogen and oxygen atoms in total. The van der Waals surface area contributed by atoms with Gasteiger partial charge >= 0.3 is 0 Å². The van der Waals surface area contributed by atoms with Gasteiger partial charge in [0, 0.05) is 37.9 Å². The molecule has 1 aromatic rings. The van der Waals surface area contributed by atoms with Crippen molar-refractivity contribution >= 4 is 21.4 Å². The van der Waals surface area contributed by atoms with Crippen molar-refractivity contribution in [1.82, 2.24) is 4.90 Å². The van der Waals surface area contributed by atoms with Crippen LogP contribution >= 0.6 is 11.6 Å². The van der Waals surface area contributed by atoms with E-state index in [1.807, 2.05) is 0 Å². The quantitative estimate of drug-likeness (QED) is 0.710. The van der Waals surface area contributed by atoms with Gasteiger partial charge in [0.05, 0.1) is 11.5 Å². The maximum Gasteiger partial charge on any atom is 0.151 e. The van der Waals surface area contributed by atoms with Gasteiger partial charge in [-0.25, -0.2) is 12.8 Å². The fraction of sp³-hybridized carbons (Fsp3) is 0.600. The van der Waals surface area contributed by atoms with Gasteiger partial charge in [-0.15, -0.1) is 0 Å². The average Bonchev–Trinajstić information content (AvgIpc) is 2.80. The zero-order valence-corrected chi connectivity index (χ0v) is 14.2. The molecule has 124 valence electrons. The van der Waals surface area contributed by atoms with Crippen molar-refractivity contribution in [3.8, 4) is 0 Å². The van der Waals surface area contributed by atoms with Gasteiger partial charge in [-0.2, -0.15) is 0 Å². The number of methoxy groups -OCH3 is 1. The molecule has 22 heavy (non-hydrogen) atoms. The fourth-order valence-electron chi connectivity index (χ4n) is 2.73. The Morgan fingerprint density at radius 2 is 2.23 bits per heavy atom. The molecule has 0 N–H and O–H groups in total. The molecule has 0 bridgehead atoms. The van der Waals surface area contributed by atoms with Crippen LogP contribution in [0, 0.1) is 5.82 Å². The van der Waals surface area contributed by atoms with Crippen LogP contribution in [0.2, 0.25) is 5.02 Å². The van der Waals surface area contributed by atoms with E-state index in [0.29, 0.717) is 24.6 Å². The lowest BCUT2D eigenvalue weighted by Gasteiger charge is -2.28. The number of hydrogen-bond acceptors (Lipinski definition) is 4. The first-order chi connectivity index (χ1) is 10.4. The standard InChI is InChI=1S/C15H21ClFNO3S/c1-21-7-2-6-18(14-5-8-22(19,20)11-14)10-12-3-4-13(17)9-15(12)16/h3-4,9,14H,2,5-8,10-11H2,1H3/t14-/m0/s1. The van der Waals surface area contributed by atoms with Crippen LogP contribution in [-0.4, -0.2) is 51.1 Å². The normalized spacial score (nSPS) is 20.6. The number of ether oxygens (including phenoxy) is 1. The lowest BCUT2D eigenvalue weighted by molar-refractivity contribution is 0.150. The highest BCUT2D eigenvalue weighted by atomic mass is 35.5. The molecule has 0 unspecified atom stereocenters. The van der Waals surface area contributed by atoms with E-state index in [2.05, 4.69) is 4.90 Å². The number of halogens is 2. The Morgan fingerprint density at radius 1 is 1.45 bits per heavy atom. The molecule has 0 radical (unpaired) electrons. The highest BCUT2D eigenvalue weighted by Gasteiger charge is 2.32. The molecule has 0 aliphatic carbocycles. The summed E-state index contributed by atoms with van der Waals surface area (Å²) < 4.78 is 41.6. The van der Waals surface area contributed by atoms with Gasteiger partial charge in [0.1, 0.15) is 5.82 Å². The van der Waals surface area contributed by atoms with E-state index in [9.17, 15) is 12.8 Å². The van der Waals surface area contributed by atoms with Gasteiger partial charge in [-0.1, -0.05) is 17.7 Å². The molecule has 2 rings (SSSR count). The van der Waals surface area contributed by atoms with E-state index < -0.39 is 9.84 Å². The van der Waals surface area contributed by atoms with Gasteiger partial charge in [0.25, 0.3) is 0 Å². The summed E-state index contributed by atoms with van der Waals surface area (Å²) in [6, 6.07) is 4.31. The van der Waals surface area contributed by atoms with Crippen LogP contribution < -0.4 is 0 Å². The molecular formula is C15H21ClFNO3S. The third kappa shape index (κ3) is 4.91. The number of sulfone groups is 1. The Bertz CT molecular complexity index is 609. The van der Waals surface area contributed by atoms with E-state index in [4.69, 9.17) is 16.3 Å². The zero-order valence-electron chi connectivity index (χ0n) is 12.6. The first-order valence-electron chi connectivity index (χ1n) is 7.28. The molecule has 1 fully saturated rings. The summed E-state index contributed by atoms with van der Waals surface area (Å²) in [7, 11) is -1.31. The predicted octanol–water partition coefficient (Wildman–Crippen LogP) is 2.50. The maximum absolute atomic E-state index is 13.1. The third-order valence-electron chi connectivity index (χ3n) is 3.91. The Morgan fingerprint density at radius 3 is 2.82 bits per heavy atom. The third-order valence-corrected chi connectivity index (χ3v) is 6.01. The number of benzene rings is 1. The van der Waals surface area contributed by atoms with Crippen molar-refractivity contribution in [2.75, 3.05) is 31.8 Å². The van der Waals surface area contributed by atoms with Crippen LogP contribution in [0.4, 0.5) is 4.39 Å². The smallest absolute Gasteiger partial charge is 0.151 e. The van der Waals surface area contributed by atoms with Crippen LogP contribution in [-0.2, 0) is 21.1 Å². The second-order valence-electron chi connectivity index (χ2n) is 5.61. The summed E-state index contributed by atoms with van der Waals surface area (Å²) in [4.78, 5) is 2.11. The number of nitrogens with zero attached hydrogens (tertiary/aromatic N) is 1. The molecule has 1 atom stereocenters. The van der Waals surface area contributed by atoms with Crippen LogP contribution in [0.1, 0.15) is 18.4 Å². The van der Waals surface area contributed by atoms with Crippen molar-refractivity contribution in [2.45, 2.75) is 25.4 Å². The Labute approximate surface area is 136 Å². The van der Waals surface area contributed by atoms with Crippen LogP contribution in [0.5, 0.6) is 0 Å². The molecule has 1 aliphatic heterocycles. The largest absolute Gasteiger partial charge is 0.385 e. The van der Waals surface area contributed by atoms with Crippen molar-refractivity contribution in [1.29, 1.82) is 0 Å². The zero-order chi connectivity index (χ0) is 16.2. The summed E-state index contributed by atoms with van der Waals surface area (Å²) in [5, 5.41) is 0.373. The second-order valence-corrected chi connectivity index (χ2v) is 8.25. The monoisotopic (exact) mass is 349 g/mol. The SMILES string of the molecule is COCCCN(Cc1ccc(F)cc1Cl)[C@H]1CCS(=O)(=O)C1. The van der Waals surface area contributed by atoms with Gasteiger partial charge in [-0.3, -0.25) is 4.90 Å². The molecule has 0 spiro atoms. The Kier molecular flexibility index (Phi) is 6.20. The summed E-state index contributed by atoms with van der Waals surface area (Å²) in [6.07, 6.45) is 1.44. The number of rotatable bonds is 7. The van der Waals surface area contributed by atoms with E-state index in [1.54, 1.807) is 13.2 Å². The van der Waals surface area contributed by atoms with Crippen molar-refractivity contribution < 1.29 is 17.5 Å². The summed E-state index contributed by atoms with van der Waals surface area (Å²) in [6.45, 7) is 1.86. The highest BCUT2D eigenvalue weighted by molar-refractivity contribution is 7.91. The predicted molar refractivity (Wildman–Crippen MR) is 85.4 cm³/mol. The topological polar surface area (TPSA) is 46.6 Å². The summed E-state index contributed by atoms with van der Waals surface area (Å²) in [5.41, 5.74) is 0.810. The molecule has 0 aromatic heterocycles. The molecular weight excluding hydrogens is 329 g/mol. The van der Waals surface area contributed by atoms with Crippen LogP contribution in [0.3, 0.4) is 0 Å². The maximum atomic E-state index is 13.1. The molecule has 7 heteroatoms. The van der Waals surface area contributed by atoms with Crippen molar-refractivity contribution in [2.24, 2.45) is 0 Å². The fourth-order valence-corrected chi connectivity index (χ4v) is 4.72. The Balaban J connectivity index is 2.10.